The van der Waals surface area contributed by atoms with Gasteiger partial charge in [0, 0.05) is 36.6 Å². The van der Waals surface area contributed by atoms with Crippen LogP contribution in [0.25, 0.3) is 0 Å². The van der Waals surface area contributed by atoms with Gasteiger partial charge in [-0.3, -0.25) is 9.59 Å². The van der Waals surface area contributed by atoms with Crippen molar-refractivity contribution in [3.8, 4) is 0 Å². The van der Waals surface area contributed by atoms with Crippen LogP contribution in [0.4, 0.5) is 0 Å². The second-order valence-corrected chi connectivity index (χ2v) is 9.44. The Balaban J connectivity index is 1.80. The quantitative estimate of drug-likeness (QED) is 0.254. The first-order valence-corrected chi connectivity index (χ1v) is 13.0. The topological polar surface area (TPSA) is 49.4 Å². The van der Waals surface area contributed by atoms with Crippen LogP contribution in [0.5, 0.6) is 0 Å². The van der Waals surface area contributed by atoms with Crippen molar-refractivity contribution in [2.75, 3.05) is 12.3 Å². The smallest absolute Gasteiger partial charge is 0.243 e. The Morgan fingerprint density at radius 2 is 1.44 bits per heavy atom. The van der Waals surface area contributed by atoms with Gasteiger partial charge < -0.3 is 10.2 Å². The zero-order valence-corrected chi connectivity index (χ0v) is 20.7. The third-order valence-electron chi connectivity index (χ3n) is 5.62. The van der Waals surface area contributed by atoms with E-state index in [2.05, 4.69) is 24.4 Å². The van der Waals surface area contributed by atoms with Crippen LogP contribution in [0.1, 0.15) is 37.3 Å². The second-order valence-electron chi connectivity index (χ2n) is 8.27. The fourth-order valence-corrected chi connectivity index (χ4v) is 4.62. The molecule has 4 nitrogen and oxygen atoms in total. The van der Waals surface area contributed by atoms with E-state index in [1.807, 2.05) is 78.9 Å². The molecule has 3 aromatic carbocycles. The summed E-state index contributed by atoms with van der Waals surface area (Å²) in [7, 11) is 0. The number of carbonyl (C=O) groups excluding carboxylic acids is 2. The summed E-state index contributed by atoms with van der Waals surface area (Å²) >= 11 is 1.67. The molecule has 0 heterocycles. The van der Waals surface area contributed by atoms with Gasteiger partial charge in [-0.1, -0.05) is 92.2 Å². The van der Waals surface area contributed by atoms with Gasteiger partial charge >= 0.3 is 0 Å². The highest BCUT2D eigenvalue weighted by atomic mass is 32.2. The number of amides is 2. The van der Waals surface area contributed by atoms with Crippen molar-refractivity contribution in [1.29, 1.82) is 0 Å². The molecule has 0 aliphatic heterocycles. The first-order valence-electron chi connectivity index (χ1n) is 12.0. The molecule has 1 atom stereocenters. The number of nitrogens with zero attached hydrogens (tertiary/aromatic N) is 1. The van der Waals surface area contributed by atoms with E-state index in [1.54, 1.807) is 16.7 Å². The minimum atomic E-state index is -0.561. The molecule has 0 radical (unpaired) electrons. The molecule has 0 spiro atoms. The molecule has 0 aliphatic carbocycles. The molecule has 34 heavy (non-hydrogen) atoms. The van der Waals surface area contributed by atoms with E-state index in [-0.39, 0.29) is 11.8 Å². The van der Waals surface area contributed by atoms with Crippen LogP contribution in [0.15, 0.2) is 95.9 Å². The average Bonchev–Trinajstić information content (AvgIpc) is 2.88. The lowest BCUT2D eigenvalue weighted by atomic mass is 10.0. The zero-order valence-electron chi connectivity index (χ0n) is 19.9. The van der Waals surface area contributed by atoms with Crippen molar-refractivity contribution in [3.63, 3.8) is 0 Å². The van der Waals surface area contributed by atoms with Crippen molar-refractivity contribution in [2.45, 2.75) is 50.1 Å². The molecular formula is C29H34N2O2S. The van der Waals surface area contributed by atoms with E-state index in [0.29, 0.717) is 31.7 Å². The van der Waals surface area contributed by atoms with Gasteiger partial charge in [0.1, 0.15) is 6.04 Å². The van der Waals surface area contributed by atoms with Crippen molar-refractivity contribution >= 4 is 23.6 Å². The van der Waals surface area contributed by atoms with Crippen LogP contribution >= 0.6 is 11.8 Å². The Hall–Kier alpha value is -3.05. The fourth-order valence-electron chi connectivity index (χ4n) is 3.76. The van der Waals surface area contributed by atoms with Gasteiger partial charge in [-0.15, -0.1) is 11.8 Å². The molecule has 0 aliphatic rings. The summed E-state index contributed by atoms with van der Waals surface area (Å²) in [5, 5.41) is 3.07. The summed E-state index contributed by atoms with van der Waals surface area (Å²) in [4.78, 5) is 29.8. The normalized spacial score (nSPS) is 11.6. The molecule has 0 saturated heterocycles. The molecule has 0 saturated carbocycles. The van der Waals surface area contributed by atoms with Crippen LogP contribution in [0, 0.1) is 0 Å². The third kappa shape index (κ3) is 8.38. The zero-order chi connectivity index (χ0) is 24.0. The van der Waals surface area contributed by atoms with E-state index >= 15 is 0 Å². The number of hydrogen-bond acceptors (Lipinski definition) is 3. The van der Waals surface area contributed by atoms with Gasteiger partial charge in [0.05, 0.1) is 0 Å². The Labute approximate surface area is 207 Å². The van der Waals surface area contributed by atoms with Crippen LogP contribution in [-0.4, -0.2) is 35.1 Å². The monoisotopic (exact) mass is 474 g/mol. The van der Waals surface area contributed by atoms with Crippen LogP contribution in [0.2, 0.25) is 0 Å². The van der Waals surface area contributed by atoms with E-state index in [1.165, 1.54) is 0 Å². The minimum absolute atomic E-state index is 0.00106. The molecule has 3 aromatic rings. The Morgan fingerprint density at radius 3 is 2.06 bits per heavy atom. The molecule has 0 bridgehead atoms. The van der Waals surface area contributed by atoms with Crippen LogP contribution in [-0.2, 0) is 22.6 Å². The summed E-state index contributed by atoms with van der Waals surface area (Å²) in [6.45, 7) is 3.13. The first kappa shape index (κ1) is 25.6. The largest absolute Gasteiger partial charge is 0.354 e. The fraction of sp³-hybridized carbons (Fsp3) is 0.310. The highest BCUT2D eigenvalue weighted by molar-refractivity contribution is 7.99. The number of rotatable bonds is 13. The molecular weight excluding hydrogens is 440 g/mol. The minimum Gasteiger partial charge on any atom is -0.354 e. The van der Waals surface area contributed by atoms with Crippen molar-refractivity contribution in [1.82, 2.24) is 10.2 Å². The number of thioether (sulfide) groups is 1. The molecule has 178 valence electrons. The Morgan fingerprint density at radius 1 is 0.853 bits per heavy atom. The number of carbonyl (C=O) groups is 2. The number of unbranched alkanes of at least 4 members (excludes halogenated alkanes) is 1. The highest BCUT2D eigenvalue weighted by Crippen LogP contribution is 2.20. The van der Waals surface area contributed by atoms with Gasteiger partial charge in [-0.05, 0) is 29.7 Å². The maximum Gasteiger partial charge on any atom is 0.243 e. The number of hydrogen-bond donors (Lipinski definition) is 1. The van der Waals surface area contributed by atoms with Crippen molar-refractivity contribution < 1.29 is 9.59 Å². The standard InChI is InChI=1S/C29H34N2O2S/c1-2-3-20-30-29(33)27(22-24-13-7-4-8-14-24)31(23-25-15-9-5-10-16-25)28(32)19-21-34-26-17-11-6-12-18-26/h4-18,27H,2-3,19-23H2,1H3,(H,30,33). The first-order chi connectivity index (χ1) is 16.7. The third-order valence-corrected chi connectivity index (χ3v) is 6.64. The van der Waals surface area contributed by atoms with E-state index in [4.69, 9.17) is 0 Å². The molecule has 1 unspecified atom stereocenters. The average molecular weight is 475 g/mol. The number of nitrogens with one attached hydrogen (secondary N) is 1. The summed E-state index contributed by atoms with van der Waals surface area (Å²) in [5.41, 5.74) is 2.06. The van der Waals surface area contributed by atoms with Crippen LogP contribution in [0.3, 0.4) is 0 Å². The lowest BCUT2D eigenvalue weighted by molar-refractivity contribution is -0.141. The maximum atomic E-state index is 13.5. The van der Waals surface area contributed by atoms with Crippen LogP contribution < -0.4 is 5.32 Å². The Kier molecular flexibility index (Phi) is 10.7. The second kappa shape index (κ2) is 14.3. The molecule has 5 heteroatoms. The molecule has 0 fully saturated rings. The molecule has 0 aromatic heterocycles. The van der Waals surface area contributed by atoms with Gasteiger partial charge in [0.25, 0.3) is 0 Å². The molecule has 2 amide bonds. The predicted molar refractivity (Wildman–Crippen MR) is 141 cm³/mol. The van der Waals surface area contributed by atoms with Crippen molar-refractivity contribution in [3.05, 3.63) is 102 Å². The summed E-state index contributed by atoms with van der Waals surface area (Å²) in [6, 6.07) is 29.4. The lowest BCUT2D eigenvalue weighted by Gasteiger charge is -2.31. The predicted octanol–water partition coefficient (Wildman–Crippen LogP) is 5.73. The summed E-state index contributed by atoms with van der Waals surface area (Å²) in [5.74, 6) is 0.583. The SMILES string of the molecule is CCCCNC(=O)C(Cc1ccccc1)N(Cc1ccccc1)C(=O)CCSc1ccccc1. The van der Waals surface area contributed by atoms with Gasteiger partial charge in [-0.25, -0.2) is 0 Å². The van der Waals surface area contributed by atoms with Crippen molar-refractivity contribution in [2.24, 2.45) is 0 Å². The van der Waals surface area contributed by atoms with Gasteiger partial charge in [0.15, 0.2) is 0 Å². The van der Waals surface area contributed by atoms with Gasteiger partial charge in [0.2, 0.25) is 11.8 Å². The maximum absolute atomic E-state index is 13.5. The molecule has 1 N–H and O–H groups in total. The van der Waals surface area contributed by atoms with Gasteiger partial charge in [-0.2, -0.15) is 0 Å². The van der Waals surface area contributed by atoms with E-state index in [0.717, 1.165) is 28.9 Å². The summed E-state index contributed by atoms with van der Waals surface area (Å²) in [6.07, 6.45) is 2.79. The molecule has 3 rings (SSSR count). The Bertz CT molecular complexity index is 996. The van der Waals surface area contributed by atoms with E-state index in [9.17, 15) is 9.59 Å². The summed E-state index contributed by atoms with van der Waals surface area (Å²) < 4.78 is 0. The van der Waals surface area contributed by atoms with E-state index < -0.39 is 6.04 Å². The number of benzene rings is 3. The highest BCUT2D eigenvalue weighted by Gasteiger charge is 2.30. The lowest BCUT2D eigenvalue weighted by Crippen LogP contribution is -2.50.